The van der Waals surface area contributed by atoms with Crippen molar-refractivity contribution in [2.75, 3.05) is 0 Å². The minimum absolute atomic E-state index is 0. The maximum atomic E-state index is 2.24. The average molecular weight is 301 g/mol. The molecular weight excluding hydrogens is 264 g/mol. The van der Waals surface area contributed by atoms with Gasteiger partial charge in [-0.1, -0.05) is 102 Å². The summed E-state index contributed by atoms with van der Waals surface area (Å²) >= 11 is 0. The molecule has 124 valence electrons. The molecule has 2 aromatic carbocycles. The van der Waals surface area contributed by atoms with E-state index in [0.717, 1.165) is 0 Å². The minimum atomic E-state index is 0. The Morgan fingerprint density at radius 1 is 0.591 bits per heavy atom. The Kier molecular flexibility index (Phi) is 11.4. The molecule has 0 N–H and O–H groups in total. The summed E-state index contributed by atoms with van der Waals surface area (Å²) in [5, 5.41) is 0. The van der Waals surface area contributed by atoms with E-state index < -0.39 is 0 Å². The second kappa shape index (κ2) is 11.1. The molecule has 0 aliphatic rings. The Bertz CT molecular complexity index is 504. The zero-order valence-corrected chi connectivity index (χ0v) is 13.8. The van der Waals surface area contributed by atoms with Gasteiger partial charge in [0, 0.05) is 0 Å². The van der Waals surface area contributed by atoms with Gasteiger partial charge in [-0.25, -0.2) is 0 Å². The first kappa shape index (κ1) is 22.7. The van der Waals surface area contributed by atoms with Crippen LogP contribution in [0.1, 0.15) is 76.6 Å². The normalized spacial score (nSPS) is 9.45. The molecule has 0 aliphatic heterocycles. The number of benzene rings is 2. The van der Waals surface area contributed by atoms with Gasteiger partial charge < -0.3 is 0 Å². The molecule has 0 nitrogen and oxygen atoms in total. The van der Waals surface area contributed by atoms with E-state index in [9.17, 15) is 0 Å². The first-order valence-electron chi connectivity index (χ1n) is 7.53. The van der Waals surface area contributed by atoms with Crippen LogP contribution < -0.4 is 0 Å². The molecule has 0 heterocycles. The van der Waals surface area contributed by atoms with Crippen molar-refractivity contribution in [1.82, 2.24) is 0 Å². The summed E-state index contributed by atoms with van der Waals surface area (Å²) in [7, 11) is 0. The summed E-state index contributed by atoms with van der Waals surface area (Å²) in [5.41, 5.74) is 5.54. The van der Waals surface area contributed by atoms with Crippen LogP contribution in [-0.4, -0.2) is 0 Å². The lowest BCUT2D eigenvalue weighted by molar-refractivity contribution is 0.865. The maximum absolute atomic E-state index is 2.24. The van der Waals surface area contributed by atoms with Gasteiger partial charge in [0.15, 0.2) is 0 Å². The van der Waals surface area contributed by atoms with Gasteiger partial charge in [0.1, 0.15) is 0 Å². The van der Waals surface area contributed by atoms with Gasteiger partial charge in [0.2, 0.25) is 0 Å². The van der Waals surface area contributed by atoms with Crippen molar-refractivity contribution >= 4 is 0 Å². The first-order chi connectivity index (χ1) is 9.40. The van der Waals surface area contributed by atoms with E-state index in [2.05, 4.69) is 90.1 Å². The number of hydrogen-bond donors (Lipinski definition) is 0. The summed E-state index contributed by atoms with van der Waals surface area (Å²) in [5.74, 6) is 1.31. The van der Waals surface area contributed by atoms with Crippen LogP contribution in [0.3, 0.4) is 0 Å². The van der Waals surface area contributed by atoms with E-state index in [1.165, 1.54) is 22.3 Å². The zero-order chi connectivity index (χ0) is 15.1. The zero-order valence-electron chi connectivity index (χ0n) is 13.8. The number of rotatable bonds is 2. The van der Waals surface area contributed by atoms with Crippen LogP contribution in [0.15, 0.2) is 48.5 Å². The highest BCUT2D eigenvalue weighted by atomic mass is 14.0. The molecule has 0 saturated carbocycles. The van der Waals surface area contributed by atoms with Gasteiger partial charge >= 0.3 is 0 Å². The van der Waals surface area contributed by atoms with Crippen molar-refractivity contribution < 1.29 is 0 Å². The molecule has 0 aromatic heterocycles. The predicted octanol–water partition coefficient (Wildman–Crippen LogP) is 7.51. The Labute approximate surface area is 139 Å². The second-order valence-corrected chi connectivity index (χ2v) is 6.13. The first-order valence-corrected chi connectivity index (χ1v) is 7.53. The predicted molar refractivity (Wildman–Crippen MR) is 104 cm³/mol. The van der Waals surface area contributed by atoms with Gasteiger partial charge in [-0.3, -0.25) is 0 Å². The van der Waals surface area contributed by atoms with Crippen molar-refractivity contribution in [1.29, 1.82) is 0 Å². The molecule has 0 amide bonds. The fourth-order valence-electron chi connectivity index (χ4n) is 1.98. The third-order valence-electron chi connectivity index (χ3n) is 3.45. The van der Waals surface area contributed by atoms with Crippen molar-refractivity contribution in [3.05, 3.63) is 70.8 Å². The molecule has 0 radical (unpaired) electrons. The third kappa shape index (κ3) is 8.02. The SMILES string of the molecule is C.C.Cc1ccc(C(C)C)cc1.Cc1cccc(C(C)C)c1. The Hall–Kier alpha value is -1.56. The highest BCUT2D eigenvalue weighted by molar-refractivity contribution is 5.24. The van der Waals surface area contributed by atoms with Gasteiger partial charge in [-0.05, 0) is 36.8 Å². The van der Waals surface area contributed by atoms with Crippen LogP contribution in [0.25, 0.3) is 0 Å². The number of aryl methyl sites for hydroxylation is 2. The highest BCUT2D eigenvalue weighted by Gasteiger charge is 1.96. The summed E-state index contributed by atoms with van der Waals surface area (Å²) in [4.78, 5) is 0. The van der Waals surface area contributed by atoms with Gasteiger partial charge in [-0.15, -0.1) is 0 Å². The number of hydrogen-bond acceptors (Lipinski definition) is 0. The molecule has 0 spiro atoms. The fourth-order valence-corrected chi connectivity index (χ4v) is 1.98. The molecule has 2 rings (SSSR count). The van der Waals surface area contributed by atoms with Crippen LogP contribution in [0.5, 0.6) is 0 Å². The van der Waals surface area contributed by atoms with Crippen molar-refractivity contribution in [2.24, 2.45) is 0 Å². The lowest BCUT2D eigenvalue weighted by atomic mass is 10.0. The summed E-state index contributed by atoms with van der Waals surface area (Å²) in [6, 6.07) is 17.4. The van der Waals surface area contributed by atoms with E-state index in [1.54, 1.807) is 0 Å². The van der Waals surface area contributed by atoms with Gasteiger partial charge in [-0.2, -0.15) is 0 Å². The molecule has 0 heteroatoms. The van der Waals surface area contributed by atoms with E-state index in [-0.39, 0.29) is 14.9 Å². The molecule has 0 saturated heterocycles. The van der Waals surface area contributed by atoms with Crippen LogP contribution >= 0.6 is 0 Å². The van der Waals surface area contributed by atoms with Crippen LogP contribution in [0.2, 0.25) is 0 Å². The summed E-state index contributed by atoms with van der Waals surface area (Å²) in [6.45, 7) is 13.1. The van der Waals surface area contributed by atoms with E-state index in [0.29, 0.717) is 11.8 Å². The molecular formula is C22H36. The standard InChI is InChI=1S/2C10H14.2CH4/c1-8(2)10-6-4-9(3)5-7-10;1-8(2)10-6-4-5-9(3)7-10;;/h2*4-8H,1-3H3;2*1H4. The molecule has 0 bridgehead atoms. The second-order valence-electron chi connectivity index (χ2n) is 6.13. The van der Waals surface area contributed by atoms with Crippen LogP contribution in [0, 0.1) is 13.8 Å². The Balaban J connectivity index is 0. The topological polar surface area (TPSA) is 0 Å². The quantitative estimate of drug-likeness (QED) is 0.538. The monoisotopic (exact) mass is 300 g/mol. The van der Waals surface area contributed by atoms with Crippen molar-refractivity contribution in [2.45, 2.75) is 68.2 Å². The van der Waals surface area contributed by atoms with E-state index in [4.69, 9.17) is 0 Å². The minimum Gasteiger partial charge on any atom is -0.0776 e. The highest BCUT2D eigenvalue weighted by Crippen LogP contribution is 2.14. The lowest BCUT2D eigenvalue weighted by Gasteiger charge is -2.04. The molecule has 0 fully saturated rings. The smallest absolute Gasteiger partial charge is 0.0219 e. The van der Waals surface area contributed by atoms with Crippen molar-refractivity contribution in [3.63, 3.8) is 0 Å². The summed E-state index contributed by atoms with van der Waals surface area (Å²) < 4.78 is 0. The maximum Gasteiger partial charge on any atom is -0.0219 e. The Morgan fingerprint density at radius 3 is 1.45 bits per heavy atom. The van der Waals surface area contributed by atoms with Crippen molar-refractivity contribution in [3.8, 4) is 0 Å². The van der Waals surface area contributed by atoms with Crippen LogP contribution in [0.4, 0.5) is 0 Å². The van der Waals surface area contributed by atoms with E-state index in [1.807, 2.05) is 0 Å². The molecule has 0 aliphatic carbocycles. The van der Waals surface area contributed by atoms with Gasteiger partial charge in [0.05, 0.1) is 0 Å². The molecule has 0 unspecified atom stereocenters. The van der Waals surface area contributed by atoms with Crippen LogP contribution in [-0.2, 0) is 0 Å². The Morgan fingerprint density at radius 2 is 1.09 bits per heavy atom. The average Bonchev–Trinajstić information content (AvgIpc) is 2.40. The lowest BCUT2D eigenvalue weighted by Crippen LogP contribution is -1.86. The van der Waals surface area contributed by atoms with Gasteiger partial charge in [0.25, 0.3) is 0 Å². The third-order valence-corrected chi connectivity index (χ3v) is 3.45. The summed E-state index contributed by atoms with van der Waals surface area (Å²) in [6.07, 6.45) is 0. The molecule has 0 atom stereocenters. The largest absolute Gasteiger partial charge is 0.0776 e. The molecule has 22 heavy (non-hydrogen) atoms. The fraction of sp³-hybridized carbons (Fsp3) is 0.455. The molecule has 2 aromatic rings. The van der Waals surface area contributed by atoms with E-state index >= 15 is 0 Å².